The normalized spacial score (nSPS) is 12.0. The lowest BCUT2D eigenvalue weighted by Crippen LogP contribution is -2.39. The third-order valence-corrected chi connectivity index (χ3v) is 2.19. The molecule has 1 rings (SSSR count). The molecule has 16 heavy (non-hydrogen) atoms. The van der Waals surface area contributed by atoms with E-state index in [1.165, 1.54) is 7.11 Å². The van der Waals surface area contributed by atoms with Crippen LogP contribution in [-0.2, 0) is 9.53 Å². The highest BCUT2D eigenvalue weighted by Crippen LogP contribution is 2.13. The van der Waals surface area contributed by atoms with E-state index in [9.17, 15) is 9.59 Å². The van der Waals surface area contributed by atoms with Crippen LogP contribution in [-0.4, -0.2) is 25.0 Å². The highest BCUT2D eigenvalue weighted by molar-refractivity contribution is 5.97. The first-order valence-corrected chi connectivity index (χ1v) is 4.91. The number of ether oxygens (including phenoxy) is 1. The van der Waals surface area contributed by atoms with Gasteiger partial charge in [0, 0.05) is 0 Å². The molecule has 1 unspecified atom stereocenters. The fraction of sp³-hybridized carbons (Fsp3) is 0.455. The molecule has 0 aromatic carbocycles. The number of hydrogen-bond acceptors (Lipinski definition) is 4. The Kier molecular flexibility index (Phi) is 3.71. The smallest absolute Gasteiger partial charge is 0.328 e. The first-order chi connectivity index (χ1) is 7.45. The van der Waals surface area contributed by atoms with Gasteiger partial charge in [0.25, 0.3) is 5.91 Å². The number of furan rings is 1. The molecule has 5 heteroatoms. The van der Waals surface area contributed by atoms with Gasteiger partial charge in [-0.3, -0.25) is 4.79 Å². The molecule has 0 aliphatic rings. The maximum Gasteiger partial charge on any atom is 0.328 e. The van der Waals surface area contributed by atoms with Crippen molar-refractivity contribution in [2.75, 3.05) is 7.11 Å². The molecule has 1 aromatic heterocycles. The number of carbonyl (C=O) groups is 2. The second-order valence-electron chi connectivity index (χ2n) is 3.55. The van der Waals surface area contributed by atoms with Crippen molar-refractivity contribution in [2.24, 2.45) is 0 Å². The van der Waals surface area contributed by atoms with Gasteiger partial charge in [0.2, 0.25) is 0 Å². The maximum atomic E-state index is 11.7. The monoisotopic (exact) mass is 225 g/mol. The summed E-state index contributed by atoms with van der Waals surface area (Å²) in [6, 6.07) is 0.960. The molecule has 1 N–H and O–H groups in total. The Balaban J connectivity index is 2.73. The summed E-state index contributed by atoms with van der Waals surface area (Å²) in [6.07, 6.45) is 0. The summed E-state index contributed by atoms with van der Waals surface area (Å²) in [5.74, 6) is 0.374. The molecule has 0 fully saturated rings. The third-order valence-electron chi connectivity index (χ3n) is 2.19. The van der Waals surface area contributed by atoms with Crippen LogP contribution in [0.1, 0.15) is 28.8 Å². The number of nitrogens with one attached hydrogen (secondary N) is 1. The molecule has 0 spiro atoms. The van der Waals surface area contributed by atoms with Gasteiger partial charge >= 0.3 is 5.97 Å². The van der Waals surface area contributed by atoms with Crippen molar-refractivity contribution in [3.05, 3.63) is 23.2 Å². The highest BCUT2D eigenvalue weighted by atomic mass is 16.5. The minimum absolute atomic E-state index is 0.341. The van der Waals surface area contributed by atoms with Crippen molar-refractivity contribution in [1.29, 1.82) is 0 Å². The lowest BCUT2D eigenvalue weighted by atomic mass is 10.2. The van der Waals surface area contributed by atoms with Crippen molar-refractivity contribution >= 4 is 11.9 Å². The summed E-state index contributed by atoms with van der Waals surface area (Å²) in [5, 5.41) is 2.53. The molecule has 1 aromatic rings. The molecular formula is C11H15NO4. The molecule has 0 saturated carbocycles. The number of esters is 1. The molecule has 0 bridgehead atoms. The molecule has 5 nitrogen and oxygen atoms in total. The van der Waals surface area contributed by atoms with Gasteiger partial charge in [0.1, 0.15) is 17.6 Å². The minimum atomic E-state index is -0.674. The Hall–Kier alpha value is -1.78. The van der Waals surface area contributed by atoms with Crippen LogP contribution < -0.4 is 5.32 Å². The second kappa shape index (κ2) is 4.83. The molecule has 0 radical (unpaired) electrons. The van der Waals surface area contributed by atoms with Crippen LogP contribution in [0.15, 0.2) is 10.5 Å². The number of aryl methyl sites for hydroxylation is 2. The summed E-state index contributed by atoms with van der Waals surface area (Å²) in [5.41, 5.74) is 0.438. The van der Waals surface area contributed by atoms with Gasteiger partial charge in [-0.15, -0.1) is 0 Å². The van der Waals surface area contributed by atoms with Crippen molar-refractivity contribution in [3.8, 4) is 0 Å². The Morgan fingerprint density at radius 1 is 1.44 bits per heavy atom. The van der Waals surface area contributed by atoms with Gasteiger partial charge in [0.05, 0.1) is 12.7 Å². The second-order valence-corrected chi connectivity index (χ2v) is 3.55. The maximum absolute atomic E-state index is 11.7. The van der Waals surface area contributed by atoms with Gasteiger partial charge in [0.15, 0.2) is 0 Å². The van der Waals surface area contributed by atoms with Gasteiger partial charge in [-0.1, -0.05) is 0 Å². The van der Waals surface area contributed by atoms with Crippen molar-refractivity contribution in [2.45, 2.75) is 26.8 Å². The van der Waals surface area contributed by atoms with E-state index >= 15 is 0 Å². The fourth-order valence-electron chi connectivity index (χ4n) is 1.37. The average molecular weight is 225 g/mol. The van der Waals surface area contributed by atoms with Crippen LogP contribution in [0.2, 0.25) is 0 Å². The van der Waals surface area contributed by atoms with Crippen molar-refractivity contribution in [1.82, 2.24) is 5.32 Å². The van der Waals surface area contributed by atoms with E-state index in [1.807, 2.05) is 0 Å². The lowest BCUT2D eigenvalue weighted by Gasteiger charge is -2.10. The lowest BCUT2D eigenvalue weighted by molar-refractivity contribution is -0.142. The summed E-state index contributed by atoms with van der Waals surface area (Å²) >= 11 is 0. The predicted molar refractivity (Wildman–Crippen MR) is 57.1 cm³/mol. The van der Waals surface area contributed by atoms with Crippen LogP contribution in [0.5, 0.6) is 0 Å². The summed E-state index contributed by atoms with van der Waals surface area (Å²) in [4.78, 5) is 22.8. The van der Waals surface area contributed by atoms with Crippen molar-refractivity contribution in [3.63, 3.8) is 0 Å². The summed E-state index contributed by atoms with van der Waals surface area (Å²) in [6.45, 7) is 5.02. The van der Waals surface area contributed by atoms with E-state index in [0.717, 1.165) is 0 Å². The standard InChI is InChI=1S/C11H15NO4/c1-6-5-9(8(3)16-6)10(13)12-7(2)11(14)15-4/h5,7H,1-4H3,(H,12,13). The number of rotatable bonds is 3. The Labute approximate surface area is 93.8 Å². The van der Waals surface area contributed by atoms with Crippen LogP contribution >= 0.6 is 0 Å². The molecule has 1 amide bonds. The molecule has 0 saturated heterocycles. The quantitative estimate of drug-likeness (QED) is 0.784. The van der Waals surface area contributed by atoms with E-state index in [2.05, 4.69) is 10.1 Å². The van der Waals surface area contributed by atoms with Gasteiger partial charge in [-0.05, 0) is 26.8 Å². The van der Waals surface area contributed by atoms with E-state index in [1.54, 1.807) is 26.8 Å². The van der Waals surface area contributed by atoms with E-state index in [-0.39, 0.29) is 5.91 Å². The Morgan fingerprint density at radius 3 is 2.50 bits per heavy atom. The van der Waals surface area contributed by atoms with E-state index < -0.39 is 12.0 Å². The summed E-state index contributed by atoms with van der Waals surface area (Å²) in [7, 11) is 1.28. The predicted octanol–water partition coefficient (Wildman–Crippen LogP) is 1.19. The van der Waals surface area contributed by atoms with Crippen molar-refractivity contribution < 1.29 is 18.7 Å². The third kappa shape index (κ3) is 2.62. The zero-order valence-electron chi connectivity index (χ0n) is 9.79. The van der Waals surface area contributed by atoms with Crippen LogP contribution in [0, 0.1) is 13.8 Å². The first-order valence-electron chi connectivity index (χ1n) is 4.91. The number of hydrogen-bond donors (Lipinski definition) is 1. The summed E-state index contributed by atoms with van der Waals surface area (Å²) < 4.78 is 9.73. The largest absolute Gasteiger partial charge is 0.467 e. The minimum Gasteiger partial charge on any atom is -0.467 e. The fourth-order valence-corrected chi connectivity index (χ4v) is 1.37. The molecule has 0 aliphatic heterocycles. The van der Waals surface area contributed by atoms with Crippen LogP contribution in [0.3, 0.4) is 0 Å². The molecule has 1 atom stereocenters. The van der Waals surface area contributed by atoms with Crippen LogP contribution in [0.4, 0.5) is 0 Å². The molecule has 0 aliphatic carbocycles. The highest BCUT2D eigenvalue weighted by Gasteiger charge is 2.19. The molecule has 1 heterocycles. The number of carbonyl (C=O) groups excluding carboxylic acids is 2. The van der Waals surface area contributed by atoms with Gasteiger partial charge < -0.3 is 14.5 Å². The van der Waals surface area contributed by atoms with E-state index in [0.29, 0.717) is 17.1 Å². The Morgan fingerprint density at radius 2 is 2.06 bits per heavy atom. The first kappa shape index (κ1) is 12.3. The average Bonchev–Trinajstić information content (AvgIpc) is 2.56. The molecule has 88 valence electrons. The van der Waals surface area contributed by atoms with E-state index in [4.69, 9.17) is 4.42 Å². The topological polar surface area (TPSA) is 68.5 Å². The molecular weight excluding hydrogens is 210 g/mol. The Bertz CT molecular complexity index is 408. The zero-order chi connectivity index (χ0) is 12.3. The van der Waals surface area contributed by atoms with Crippen LogP contribution in [0.25, 0.3) is 0 Å². The zero-order valence-corrected chi connectivity index (χ0v) is 9.79. The SMILES string of the molecule is COC(=O)C(C)NC(=O)c1cc(C)oc1C. The van der Waals surface area contributed by atoms with Gasteiger partial charge in [-0.25, -0.2) is 4.79 Å². The van der Waals surface area contributed by atoms with Gasteiger partial charge in [-0.2, -0.15) is 0 Å². The number of methoxy groups -OCH3 is 1. The number of amides is 1.